The maximum atomic E-state index is 13.3. The number of amides is 1. The van der Waals surface area contributed by atoms with Crippen molar-refractivity contribution in [3.63, 3.8) is 0 Å². The Morgan fingerprint density at radius 3 is 2.59 bits per heavy atom. The van der Waals surface area contributed by atoms with Gasteiger partial charge >= 0.3 is 0 Å². The number of aromatic nitrogens is 7. The molecule has 0 spiro atoms. The highest BCUT2D eigenvalue weighted by atomic mass is 16.2. The zero-order valence-corrected chi connectivity index (χ0v) is 19.2. The van der Waals surface area contributed by atoms with Gasteiger partial charge in [-0.2, -0.15) is 20.4 Å². The smallest absolute Gasteiger partial charge is 0.272 e. The minimum Gasteiger partial charge on any atom is -0.272 e. The number of fused-ring (bicyclic) bond motifs is 1. The van der Waals surface area contributed by atoms with Gasteiger partial charge in [0.2, 0.25) is 0 Å². The summed E-state index contributed by atoms with van der Waals surface area (Å²) in [5, 5.41) is 18.1. The van der Waals surface area contributed by atoms with Crippen LogP contribution in [0.1, 0.15) is 47.7 Å². The molecular weight excluding hydrogens is 406 g/mol. The number of rotatable bonds is 6. The number of nitrogens with zero attached hydrogens (tertiary/aromatic N) is 8. The van der Waals surface area contributed by atoms with E-state index in [1.165, 1.54) is 0 Å². The maximum Gasteiger partial charge on any atom is 0.272 e. The second-order valence-corrected chi connectivity index (χ2v) is 7.81. The molecule has 4 heterocycles. The van der Waals surface area contributed by atoms with Crippen LogP contribution in [0.15, 0.2) is 29.6 Å². The monoisotopic (exact) mass is 433 g/mol. The molecule has 1 amide bonds. The van der Waals surface area contributed by atoms with Crippen molar-refractivity contribution in [1.29, 1.82) is 0 Å². The SMILES string of the molecule is CCCn1nc(C)c2c(C(=O)N/N=C(\C)c3ccnn3C)cc(-c3cnn(C)c3C)nc21. The minimum atomic E-state index is -0.319. The molecule has 0 saturated carbocycles. The van der Waals surface area contributed by atoms with E-state index in [0.29, 0.717) is 29.2 Å². The van der Waals surface area contributed by atoms with Gasteiger partial charge in [0.25, 0.3) is 5.91 Å². The van der Waals surface area contributed by atoms with E-state index in [-0.39, 0.29) is 5.91 Å². The lowest BCUT2D eigenvalue weighted by Crippen LogP contribution is -2.21. The van der Waals surface area contributed by atoms with Gasteiger partial charge in [-0.3, -0.25) is 14.2 Å². The standard InChI is InChI=1S/C22H27N9O/c1-7-10-31-21-20(14(3)28-31)16(11-18(25-21)17-12-24-29(5)15(17)4)22(32)27-26-13(2)19-8-9-23-30(19)6/h8-9,11-12H,7,10H2,1-6H3,(H,27,32)/b26-13+. The number of carbonyl (C=O) groups excluding carboxylic acids is 1. The first-order valence-corrected chi connectivity index (χ1v) is 10.5. The van der Waals surface area contributed by atoms with Gasteiger partial charge in [-0.15, -0.1) is 0 Å². The average Bonchev–Trinajstić information content (AvgIpc) is 3.44. The van der Waals surface area contributed by atoms with Gasteiger partial charge in [0.1, 0.15) is 0 Å². The molecule has 0 atom stereocenters. The van der Waals surface area contributed by atoms with Crippen LogP contribution >= 0.6 is 0 Å². The summed E-state index contributed by atoms with van der Waals surface area (Å²) in [5.74, 6) is -0.319. The number of hydrogen-bond acceptors (Lipinski definition) is 6. The second-order valence-electron chi connectivity index (χ2n) is 7.81. The van der Waals surface area contributed by atoms with Crippen molar-refractivity contribution in [3.05, 3.63) is 47.2 Å². The van der Waals surface area contributed by atoms with Crippen molar-refractivity contribution in [2.24, 2.45) is 19.2 Å². The molecule has 0 aromatic carbocycles. The van der Waals surface area contributed by atoms with Crippen LogP contribution < -0.4 is 5.43 Å². The number of pyridine rings is 1. The van der Waals surface area contributed by atoms with E-state index in [1.54, 1.807) is 27.8 Å². The Labute approximate surface area is 185 Å². The molecule has 0 aliphatic carbocycles. The summed E-state index contributed by atoms with van der Waals surface area (Å²) >= 11 is 0. The molecule has 4 rings (SSSR count). The number of carbonyl (C=O) groups is 1. The molecule has 32 heavy (non-hydrogen) atoms. The predicted molar refractivity (Wildman–Crippen MR) is 122 cm³/mol. The molecule has 0 aliphatic rings. The molecule has 0 bridgehead atoms. The van der Waals surface area contributed by atoms with Crippen molar-refractivity contribution < 1.29 is 4.79 Å². The van der Waals surface area contributed by atoms with Crippen molar-refractivity contribution in [2.75, 3.05) is 0 Å². The third kappa shape index (κ3) is 3.68. The number of nitrogens with one attached hydrogen (secondary N) is 1. The number of hydrazone groups is 1. The average molecular weight is 434 g/mol. The Morgan fingerprint density at radius 1 is 1.19 bits per heavy atom. The van der Waals surface area contributed by atoms with Crippen LogP contribution in [0.3, 0.4) is 0 Å². The molecule has 166 valence electrons. The second kappa shape index (κ2) is 8.37. The molecule has 0 saturated heterocycles. The molecular formula is C22H27N9O. The molecule has 10 heteroatoms. The first-order chi connectivity index (χ1) is 15.3. The van der Waals surface area contributed by atoms with Gasteiger partial charge in [-0.1, -0.05) is 6.92 Å². The zero-order chi connectivity index (χ0) is 23.0. The lowest BCUT2D eigenvalue weighted by molar-refractivity contribution is 0.0956. The lowest BCUT2D eigenvalue weighted by Gasteiger charge is -2.09. The highest BCUT2D eigenvalue weighted by molar-refractivity contribution is 6.08. The first kappa shape index (κ1) is 21.4. The Morgan fingerprint density at radius 2 is 1.97 bits per heavy atom. The Hall–Kier alpha value is -3.82. The molecule has 4 aromatic heterocycles. The topological polar surface area (TPSA) is 108 Å². The first-order valence-electron chi connectivity index (χ1n) is 10.5. The van der Waals surface area contributed by atoms with Crippen LogP contribution in [-0.4, -0.2) is 45.9 Å². The summed E-state index contributed by atoms with van der Waals surface area (Å²) in [6, 6.07) is 3.64. The fraction of sp³-hybridized carbons (Fsp3) is 0.364. The highest BCUT2D eigenvalue weighted by Crippen LogP contribution is 2.28. The van der Waals surface area contributed by atoms with E-state index in [2.05, 4.69) is 32.7 Å². The van der Waals surface area contributed by atoms with Gasteiger partial charge in [-0.25, -0.2) is 15.1 Å². The van der Waals surface area contributed by atoms with E-state index < -0.39 is 0 Å². The van der Waals surface area contributed by atoms with Crippen LogP contribution in [0.2, 0.25) is 0 Å². The Kier molecular flexibility index (Phi) is 5.60. The van der Waals surface area contributed by atoms with Gasteiger partial charge in [0.05, 0.1) is 39.9 Å². The quantitative estimate of drug-likeness (QED) is 0.372. The molecule has 0 unspecified atom stereocenters. The molecule has 0 fully saturated rings. The fourth-order valence-corrected chi connectivity index (χ4v) is 3.77. The van der Waals surface area contributed by atoms with Gasteiger partial charge < -0.3 is 0 Å². The van der Waals surface area contributed by atoms with E-state index in [1.807, 2.05) is 45.6 Å². The van der Waals surface area contributed by atoms with Crippen molar-refractivity contribution in [3.8, 4) is 11.3 Å². The number of aryl methyl sites for hydroxylation is 4. The van der Waals surface area contributed by atoms with Crippen LogP contribution in [0.4, 0.5) is 0 Å². The number of hydrogen-bond donors (Lipinski definition) is 1. The largest absolute Gasteiger partial charge is 0.272 e. The van der Waals surface area contributed by atoms with Crippen LogP contribution in [0.5, 0.6) is 0 Å². The van der Waals surface area contributed by atoms with E-state index in [9.17, 15) is 4.79 Å². The lowest BCUT2D eigenvalue weighted by atomic mass is 10.1. The molecule has 1 N–H and O–H groups in total. The van der Waals surface area contributed by atoms with Crippen molar-refractivity contribution in [2.45, 2.75) is 40.7 Å². The van der Waals surface area contributed by atoms with Gasteiger partial charge in [0, 0.05) is 38.1 Å². The Balaban J connectivity index is 1.82. The minimum absolute atomic E-state index is 0.319. The van der Waals surface area contributed by atoms with E-state index in [4.69, 9.17) is 4.98 Å². The summed E-state index contributed by atoms with van der Waals surface area (Å²) in [7, 11) is 3.71. The summed E-state index contributed by atoms with van der Waals surface area (Å²) < 4.78 is 5.36. The fourth-order valence-electron chi connectivity index (χ4n) is 3.77. The van der Waals surface area contributed by atoms with Gasteiger partial charge in [-0.05, 0) is 39.3 Å². The Bertz CT molecular complexity index is 1340. The molecule has 0 aliphatic heterocycles. The summed E-state index contributed by atoms with van der Waals surface area (Å²) in [4.78, 5) is 18.2. The van der Waals surface area contributed by atoms with Crippen LogP contribution in [0, 0.1) is 13.8 Å². The highest BCUT2D eigenvalue weighted by Gasteiger charge is 2.21. The third-order valence-electron chi connectivity index (χ3n) is 5.59. The molecule has 10 nitrogen and oxygen atoms in total. The summed E-state index contributed by atoms with van der Waals surface area (Å²) in [6.45, 7) is 8.50. The van der Waals surface area contributed by atoms with E-state index in [0.717, 1.165) is 34.5 Å². The summed E-state index contributed by atoms with van der Waals surface area (Å²) in [5.41, 5.74) is 8.62. The predicted octanol–water partition coefficient (Wildman–Crippen LogP) is 2.75. The van der Waals surface area contributed by atoms with Crippen molar-refractivity contribution >= 4 is 22.7 Å². The third-order valence-corrected chi connectivity index (χ3v) is 5.59. The van der Waals surface area contributed by atoms with Crippen LogP contribution in [-0.2, 0) is 20.6 Å². The molecule has 4 aromatic rings. The van der Waals surface area contributed by atoms with Crippen LogP contribution in [0.25, 0.3) is 22.3 Å². The van der Waals surface area contributed by atoms with E-state index >= 15 is 0 Å². The summed E-state index contributed by atoms with van der Waals surface area (Å²) in [6.07, 6.45) is 4.36. The van der Waals surface area contributed by atoms with Crippen molar-refractivity contribution in [1.82, 2.24) is 39.8 Å². The maximum absolute atomic E-state index is 13.3. The van der Waals surface area contributed by atoms with Gasteiger partial charge in [0.15, 0.2) is 5.65 Å². The zero-order valence-electron chi connectivity index (χ0n) is 19.2. The normalized spacial score (nSPS) is 12.0. The molecule has 0 radical (unpaired) electrons.